The molecule has 0 atom stereocenters. The van der Waals surface area contributed by atoms with Gasteiger partial charge in [0.05, 0.1) is 25.9 Å². The molecule has 122 valence electrons. The summed E-state index contributed by atoms with van der Waals surface area (Å²) < 4.78 is 15.9. The standard InChI is InChI=1S/C18H21NO4/c1-21-18(20)14-7-9-16(10-8-14)22-11-2-3-12-23-17-6-4-5-15(19)13-17/h4-10,13H,2-3,11-12,19H2,1H3. The lowest BCUT2D eigenvalue weighted by atomic mass is 10.2. The average Bonchev–Trinajstić information content (AvgIpc) is 2.58. The van der Waals surface area contributed by atoms with Crippen LogP contribution in [0.1, 0.15) is 23.2 Å². The molecule has 0 aliphatic rings. The third-order valence-corrected chi connectivity index (χ3v) is 3.21. The monoisotopic (exact) mass is 315 g/mol. The first-order chi connectivity index (χ1) is 11.2. The van der Waals surface area contributed by atoms with Crippen molar-refractivity contribution in [2.24, 2.45) is 0 Å². The van der Waals surface area contributed by atoms with E-state index in [2.05, 4.69) is 4.74 Å². The Morgan fingerprint density at radius 3 is 2.22 bits per heavy atom. The fourth-order valence-electron chi connectivity index (χ4n) is 1.99. The van der Waals surface area contributed by atoms with E-state index in [-0.39, 0.29) is 5.97 Å². The summed E-state index contributed by atoms with van der Waals surface area (Å²) in [4.78, 5) is 11.3. The second-order valence-corrected chi connectivity index (χ2v) is 4.99. The molecule has 23 heavy (non-hydrogen) atoms. The van der Waals surface area contributed by atoms with E-state index in [1.807, 2.05) is 18.2 Å². The van der Waals surface area contributed by atoms with E-state index >= 15 is 0 Å². The predicted molar refractivity (Wildman–Crippen MR) is 88.9 cm³/mol. The molecule has 0 aromatic heterocycles. The van der Waals surface area contributed by atoms with Crippen LogP contribution in [-0.4, -0.2) is 26.3 Å². The van der Waals surface area contributed by atoms with Crippen molar-refractivity contribution in [3.8, 4) is 11.5 Å². The van der Waals surface area contributed by atoms with Crippen LogP contribution in [0, 0.1) is 0 Å². The first kappa shape index (κ1) is 16.7. The Labute approximate surface area is 136 Å². The molecule has 0 spiro atoms. The van der Waals surface area contributed by atoms with Crippen molar-refractivity contribution < 1.29 is 19.0 Å². The third-order valence-electron chi connectivity index (χ3n) is 3.21. The number of ether oxygens (including phenoxy) is 3. The topological polar surface area (TPSA) is 70.8 Å². The van der Waals surface area contributed by atoms with E-state index in [0.717, 1.165) is 24.3 Å². The summed E-state index contributed by atoms with van der Waals surface area (Å²) in [5.74, 6) is 1.16. The van der Waals surface area contributed by atoms with Crippen LogP contribution >= 0.6 is 0 Å². The summed E-state index contributed by atoms with van der Waals surface area (Å²) in [6.45, 7) is 1.21. The van der Waals surface area contributed by atoms with Crippen LogP contribution in [0.3, 0.4) is 0 Å². The summed E-state index contributed by atoms with van der Waals surface area (Å²) in [5, 5.41) is 0. The van der Waals surface area contributed by atoms with Gasteiger partial charge in [-0.1, -0.05) is 6.07 Å². The molecule has 0 aliphatic carbocycles. The number of nitrogens with two attached hydrogens (primary N) is 1. The van der Waals surface area contributed by atoms with E-state index < -0.39 is 0 Å². The van der Waals surface area contributed by atoms with Gasteiger partial charge in [0.25, 0.3) is 0 Å². The van der Waals surface area contributed by atoms with Crippen molar-refractivity contribution >= 4 is 11.7 Å². The lowest BCUT2D eigenvalue weighted by Crippen LogP contribution is -2.03. The Balaban J connectivity index is 1.63. The normalized spacial score (nSPS) is 10.1. The van der Waals surface area contributed by atoms with E-state index in [1.54, 1.807) is 30.3 Å². The lowest BCUT2D eigenvalue weighted by molar-refractivity contribution is 0.0600. The molecular formula is C18H21NO4. The minimum Gasteiger partial charge on any atom is -0.494 e. The van der Waals surface area contributed by atoms with Crippen LogP contribution in [0.2, 0.25) is 0 Å². The van der Waals surface area contributed by atoms with Crippen LogP contribution in [0.4, 0.5) is 5.69 Å². The summed E-state index contributed by atoms with van der Waals surface area (Å²) in [6, 6.07) is 14.3. The maximum atomic E-state index is 11.3. The predicted octanol–water partition coefficient (Wildman–Crippen LogP) is 3.29. The second kappa shape index (κ2) is 8.68. The van der Waals surface area contributed by atoms with Gasteiger partial charge >= 0.3 is 5.97 Å². The molecular weight excluding hydrogens is 294 g/mol. The maximum Gasteiger partial charge on any atom is 0.337 e. The molecule has 5 heteroatoms. The molecule has 2 aromatic carbocycles. The molecule has 0 saturated carbocycles. The van der Waals surface area contributed by atoms with Crippen LogP contribution < -0.4 is 15.2 Å². The Bertz CT molecular complexity index is 625. The molecule has 0 radical (unpaired) electrons. The summed E-state index contributed by atoms with van der Waals surface area (Å²) in [7, 11) is 1.36. The molecule has 0 amide bonds. The molecule has 0 fully saturated rings. The smallest absolute Gasteiger partial charge is 0.337 e. The van der Waals surface area contributed by atoms with Crippen molar-refractivity contribution in [3.63, 3.8) is 0 Å². The van der Waals surface area contributed by atoms with Gasteiger partial charge in [-0.3, -0.25) is 0 Å². The zero-order chi connectivity index (χ0) is 16.5. The van der Waals surface area contributed by atoms with Gasteiger partial charge in [0.2, 0.25) is 0 Å². The second-order valence-electron chi connectivity index (χ2n) is 4.99. The van der Waals surface area contributed by atoms with Gasteiger partial charge in [0, 0.05) is 11.8 Å². The van der Waals surface area contributed by atoms with Gasteiger partial charge in [0.1, 0.15) is 11.5 Å². The van der Waals surface area contributed by atoms with E-state index in [0.29, 0.717) is 24.5 Å². The molecule has 0 heterocycles. The lowest BCUT2D eigenvalue weighted by Gasteiger charge is -2.08. The number of rotatable bonds is 8. The number of benzene rings is 2. The number of methoxy groups -OCH3 is 1. The first-order valence-electron chi connectivity index (χ1n) is 7.48. The zero-order valence-corrected chi connectivity index (χ0v) is 13.2. The molecule has 2 aromatic rings. The van der Waals surface area contributed by atoms with Crippen molar-refractivity contribution in [1.29, 1.82) is 0 Å². The molecule has 0 unspecified atom stereocenters. The van der Waals surface area contributed by atoms with Crippen molar-refractivity contribution in [2.75, 3.05) is 26.1 Å². The highest BCUT2D eigenvalue weighted by Gasteiger charge is 2.04. The van der Waals surface area contributed by atoms with Gasteiger partial charge in [-0.2, -0.15) is 0 Å². The van der Waals surface area contributed by atoms with Crippen molar-refractivity contribution in [3.05, 3.63) is 54.1 Å². The number of anilines is 1. The van der Waals surface area contributed by atoms with E-state index in [4.69, 9.17) is 15.2 Å². The fraction of sp³-hybridized carbons (Fsp3) is 0.278. The number of hydrogen-bond donors (Lipinski definition) is 1. The van der Waals surface area contributed by atoms with Gasteiger partial charge in [-0.15, -0.1) is 0 Å². The molecule has 0 bridgehead atoms. The van der Waals surface area contributed by atoms with Crippen LogP contribution in [0.5, 0.6) is 11.5 Å². The molecule has 0 saturated heterocycles. The minimum atomic E-state index is -0.352. The number of carbonyl (C=O) groups is 1. The van der Waals surface area contributed by atoms with Crippen LogP contribution in [0.15, 0.2) is 48.5 Å². The highest BCUT2D eigenvalue weighted by atomic mass is 16.5. The number of carbonyl (C=O) groups excluding carboxylic acids is 1. The van der Waals surface area contributed by atoms with Gasteiger partial charge in [-0.05, 0) is 49.2 Å². The molecule has 0 aliphatic heterocycles. The highest BCUT2D eigenvalue weighted by Crippen LogP contribution is 2.15. The van der Waals surface area contributed by atoms with E-state index in [1.165, 1.54) is 7.11 Å². The molecule has 5 nitrogen and oxygen atoms in total. The maximum absolute atomic E-state index is 11.3. The first-order valence-corrected chi connectivity index (χ1v) is 7.48. The van der Waals surface area contributed by atoms with Crippen molar-refractivity contribution in [1.82, 2.24) is 0 Å². The zero-order valence-electron chi connectivity index (χ0n) is 13.2. The van der Waals surface area contributed by atoms with E-state index in [9.17, 15) is 4.79 Å². The van der Waals surface area contributed by atoms with Crippen LogP contribution in [-0.2, 0) is 4.74 Å². The van der Waals surface area contributed by atoms with Gasteiger partial charge < -0.3 is 19.9 Å². The Hall–Kier alpha value is -2.69. The summed E-state index contributed by atoms with van der Waals surface area (Å²) >= 11 is 0. The Morgan fingerprint density at radius 1 is 0.957 bits per heavy atom. The number of esters is 1. The number of hydrogen-bond acceptors (Lipinski definition) is 5. The summed E-state index contributed by atoms with van der Waals surface area (Å²) in [6.07, 6.45) is 1.76. The molecule has 2 rings (SSSR count). The van der Waals surface area contributed by atoms with Crippen LogP contribution in [0.25, 0.3) is 0 Å². The SMILES string of the molecule is COC(=O)c1ccc(OCCCCOc2cccc(N)c2)cc1. The summed E-state index contributed by atoms with van der Waals surface area (Å²) in [5.41, 5.74) is 6.89. The van der Waals surface area contributed by atoms with Crippen molar-refractivity contribution in [2.45, 2.75) is 12.8 Å². The minimum absolute atomic E-state index is 0.352. The van der Waals surface area contributed by atoms with Gasteiger partial charge in [-0.25, -0.2) is 4.79 Å². The highest BCUT2D eigenvalue weighted by molar-refractivity contribution is 5.89. The Morgan fingerprint density at radius 2 is 1.61 bits per heavy atom. The van der Waals surface area contributed by atoms with Gasteiger partial charge in [0.15, 0.2) is 0 Å². The molecule has 2 N–H and O–H groups in total. The third kappa shape index (κ3) is 5.54. The Kier molecular flexibility index (Phi) is 6.29. The number of nitrogen functional groups attached to an aromatic ring is 1. The average molecular weight is 315 g/mol. The largest absolute Gasteiger partial charge is 0.494 e. The number of unbranched alkanes of at least 4 members (excludes halogenated alkanes) is 1. The quantitative estimate of drug-likeness (QED) is 0.460. The fourth-order valence-corrected chi connectivity index (χ4v) is 1.99.